The summed E-state index contributed by atoms with van der Waals surface area (Å²) in [6, 6.07) is 19.4. The summed E-state index contributed by atoms with van der Waals surface area (Å²) in [7, 11) is 0. The van der Waals surface area contributed by atoms with Crippen molar-refractivity contribution in [3.63, 3.8) is 0 Å². The number of nitrogens with two attached hydrogens (primary N) is 1. The van der Waals surface area contributed by atoms with Gasteiger partial charge in [-0.25, -0.2) is 0 Å². The van der Waals surface area contributed by atoms with E-state index >= 15 is 0 Å². The highest BCUT2D eigenvalue weighted by Gasteiger charge is 2.44. The number of primary amides is 1. The fourth-order valence-electron chi connectivity index (χ4n) is 3.17. The molecular weight excluding hydrogens is 336 g/mol. The first-order chi connectivity index (χ1) is 13.0. The van der Waals surface area contributed by atoms with Crippen LogP contribution in [-0.4, -0.2) is 16.7 Å². The van der Waals surface area contributed by atoms with Crippen LogP contribution in [0.3, 0.4) is 0 Å². The van der Waals surface area contributed by atoms with E-state index in [1.54, 1.807) is 17.1 Å². The molecule has 0 saturated carbocycles. The molecule has 0 aliphatic carbocycles. The van der Waals surface area contributed by atoms with Gasteiger partial charge in [0.25, 0.3) is 0 Å². The average molecular weight is 362 g/mol. The van der Waals surface area contributed by atoms with Crippen molar-refractivity contribution in [3.8, 4) is 0 Å². The normalized spacial score (nSPS) is 10.8. The van der Waals surface area contributed by atoms with Gasteiger partial charge < -0.3 is 10.6 Å². The largest absolute Gasteiger partial charge is 0.369 e. The Labute approximate surface area is 161 Å². The molecule has 0 fully saturated rings. The molecule has 0 aromatic heterocycles. The molecule has 0 aliphatic rings. The summed E-state index contributed by atoms with van der Waals surface area (Å²) in [5.74, 6) is -0.957. The smallest absolute Gasteiger partial charge is 0.239 e. The number of hydrogen-bond acceptors (Lipinski definition) is 2. The lowest BCUT2D eigenvalue weighted by Crippen LogP contribution is -2.50. The van der Waals surface area contributed by atoms with Crippen LogP contribution in [0.2, 0.25) is 0 Å². The first kappa shape index (κ1) is 20.2. The van der Waals surface area contributed by atoms with Crippen molar-refractivity contribution in [2.45, 2.75) is 25.9 Å². The number of rotatable bonds is 10. The number of allylic oxidation sites excluding steroid dienone is 2. The third kappa shape index (κ3) is 4.94. The van der Waals surface area contributed by atoms with Gasteiger partial charge in [0.05, 0.1) is 0 Å². The van der Waals surface area contributed by atoms with E-state index in [4.69, 9.17) is 5.73 Å². The quantitative estimate of drug-likeness (QED) is 0.515. The molecule has 140 valence electrons. The van der Waals surface area contributed by atoms with Crippen LogP contribution in [0.5, 0.6) is 0 Å². The molecule has 2 rings (SSSR count). The highest BCUT2D eigenvalue weighted by Crippen LogP contribution is 2.31. The Morgan fingerprint density at radius 3 is 1.59 bits per heavy atom. The maximum Gasteiger partial charge on any atom is 0.239 e. The number of nitrogens with zero attached hydrogens (tertiary/aromatic N) is 1. The Morgan fingerprint density at radius 1 is 0.852 bits per heavy atom. The standard InChI is InChI=1S/C23H26N2O2/c1-3-15-23(16-4-2,21(24)26)22(27)25(17-19-11-7-5-8-12-19)18-20-13-9-6-10-14-20/h3-14H,1-2,15-18H2,(H2,24,26). The molecule has 2 aromatic rings. The Kier molecular flexibility index (Phi) is 7.12. The summed E-state index contributed by atoms with van der Waals surface area (Å²) >= 11 is 0. The van der Waals surface area contributed by atoms with Gasteiger partial charge in [0, 0.05) is 13.1 Å². The van der Waals surface area contributed by atoms with E-state index in [0.717, 1.165) is 11.1 Å². The van der Waals surface area contributed by atoms with Crippen molar-refractivity contribution >= 4 is 11.8 Å². The Bertz CT molecular complexity index is 733. The molecule has 4 heteroatoms. The highest BCUT2D eigenvalue weighted by molar-refractivity contribution is 6.04. The summed E-state index contributed by atoms with van der Waals surface area (Å²) < 4.78 is 0. The minimum absolute atomic E-state index is 0.174. The molecule has 2 amide bonds. The second kappa shape index (κ2) is 9.53. The van der Waals surface area contributed by atoms with Crippen LogP contribution in [0.1, 0.15) is 24.0 Å². The van der Waals surface area contributed by atoms with Crippen LogP contribution < -0.4 is 5.73 Å². The van der Waals surface area contributed by atoms with Crippen molar-refractivity contribution in [2.24, 2.45) is 11.1 Å². The van der Waals surface area contributed by atoms with Crippen molar-refractivity contribution in [1.82, 2.24) is 4.90 Å². The molecule has 0 bridgehead atoms. The van der Waals surface area contributed by atoms with E-state index < -0.39 is 11.3 Å². The average Bonchev–Trinajstić information content (AvgIpc) is 2.68. The zero-order valence-electron chi connectivity index (χ0n) is 15.5. The van der Waals surface area contributed by atoms with Crippen molar-refractivity contribution in [2.75, 3.05) is 0 Å². The van der Waals surface area contributed by atoms with Gasteiger partial charge in [-0.05, 0) is 24.0 Å². The lowest BCUT2D eigenvalue weighted by atomic mass is 9.78. The lowest BCUT2D eigenvalue weighted by molar-refractivity contribution is -0.150. The summed E-state index contributed by atoms with van der Waals surface area (Å²) in [5, 5.41) is 0. The Balaban J connectivity index is 2.42. The SMILES string of the molecule is C=CCC(CC=C)(C(N)=O)C(=O)N(Cc1ccccc1)Cc1ccccc1. The van der Waals surface area contributed by atoms with E-state index in [0.29, 0.717) is 13.1 Å². The molecule has 0 radical (unpaired) electrons. The van der Waals surface area contributed by atoms with Gasteiger partial charge in [0.1, 0.15) is 5.41 Å². The topological polar surface area (TPSA) is 63.4 Å². The number of hydrogen-bond donors (Lipinski definition) is 1. The van der Waals surface area contributed by atoms with Crippen LogP contribution in [-0.2, 0) is 22.7 Å². The summed E-state index contributed by atoms with van der Waals surface area (Å²) in [6.07, 6.45) is 3.48. The van der Waals surface area contributed by atoms with Crippen LogP contribution in [0.4, 0.5) is 0 Å². The molecule has 0 heterocycles. The minimum Gasteiger partial charge on any atom is -0.369 e. The van der Waals surface area contributed by atoms with Crippen molar-refractivity contribution in [3.05, 3.63) is 97.1 Å². The van der Waals surface area contributed by atoms with Crippen LogP contribution >= 0.6 is 0 Å². The predicted octanol–water partition coefficient (Wildman–Crippen LogP) is 3.84. The number of carbonyl (C=O) groups excluding carboxylic acids is 2. The maximum atomic E-state index is 13.5. The molecular formula is C23H26N2O2. The summed E-state index contributed by atoms with van der Waals surface area (Å²) in [5.41, 5.74) is 6.29. The molecule has 0 atom stereocenters. The van der Waals surface area contributed by atoms with Gasteiger partial charge >= 0.3 is 0 Å². The van der Waals surface area contributed by atoms with Crippen LogP contribution in [0, 0.1) is 5.41 Å². The van der Waals surface area contributed by atoms with Crippen molar-refractivity contribution < 1.29 is 9.59 Å². The van der Waals surface area contributed by atoms with Gasteiger partial charge in [0.15, 0.2) is 0 Å². The second-order valence-electron chi connectivity index (χ2n) is 6.56. The van der Waals surface area contributed by atoms with Gasteiger partial charge in [-0.15, -0.1) is 13.2 Å². The number of amides is 2. The van der Waals surface area contributed by atoms with Crippen molar-refractivity contribution in [1.29, 1.82) is 0 Å². The van der Waals surface area contributed by atoms with Gasteiger partial charge in [-0.2, -0.15) is 0 Å². The van der Waals surface area contributed by atoms with Gasteiger partial charge in [-0.3, -0.25) is 9.59 Å². The van der Waals surface area contributed by atoms with Crippen LogP contribution in [0.25, 0.3) is 0 Å². The Morgan fingerprint density at radius 2 is 1.26 bits per heavy atom. The fraction of sp³-hybridized carbons (Fsp3) is 0.217. The zero-order valence-corrected chi connectivity index (χ0v) is 15.5. The summed E-state index contributed by atoms with van der Waals surface area (Å²) in [4.78, 5) is 27.5. The number of carbonyl (C=O) groups is 2. The lowest BCUT2D eigenvalue weighted by Gasteiger charge is -2.34. The second-order valence-corrected chi connectivity index (χ2v) is 6.56. The Hall–Kier alpha value is -3.14. The monoisotopic (exact) mass is 362 g/mol. The van der Waals surface area contributed by atoms with E-state index in [9.17, 15) is 9.59 Å². The zero-order chi connectivity index (χ0) is 19.7. The first-order valence-corrected chi connectivity index (χ1v) is 8.92. The van der Waals surface area contributed by atoms with E-state index in [1.165, 1.54) is 0 Å². The molecule has 4 nitrogen and oxygen atoms in total. The number of benzene rings is 2. The first-order valence-electron chi connectivity index (χ1n) is 8.92. The van der Waals surface area contributed by atoms with E-state index in [-0.39, 0.29) is 18.7 Å². The molecule has 0 unspecified atom stereocenters. The third-order valence-electron chi connectivity index (χ3n) is 4.59. The maximum absolute atomic E-state index is 13.5. The molecule has 2 aromatic carbocycles. The van der Waals surface area contributed by atoms with Crippen LogP contribution in [0.15, 0.2) is 86.0 Å². The molecule has 0 spiro atoms. The molecule has 0 saturated heterocycles. The minimum atomic E-state index is -1.37. The highest BCUT2D eigenvalue weighted by atomic mass is 16.2. The van der Waals surface area contributed by atoms with Gasteiger partial charge in [-0.1, -0.05) is 72.8 Å². The predicted molar refractivity (Wildman–Crippen MR) is 108 cm³/mol. The molecule has 27 heavy (non-hydrogen) atoms. The third-order valence-corrected chi connectivity index (χ3v) is 4.59. The fourth-order valence-corrected chi connectivity index (χ4v) is 3.17. The summed E-state index contributed by atoms with van der Waals surface area (Å²) in [6.45, 7) is 8.19. The van der Waals surface area contributed by atoms with E-state index in [1.807, 2.05) is 60.7 Å². The molecule has 2 N–H and O–H groups in total. The van der Waals surface area contributed by atoms with Gasteiger partial charge in [0.2, 0.25) is 11.8 Å². The molecule has 0 aliphatic heterocycles. The van der Waals surface area contributed by atoms with E-state index in [2.05, 4.69) is 13.2 Å².